The molecule has 1 unspecified atom stereocenters. The first-order valence-corrected chi connectivity index (χ1v) is 9.84. The minimum Gasteiger partial charge on any atom is -0.340 e. The van der Waals surface area contributed by atoms with Crippen molar-refractivity contribution in [3.05, 3.63) is 88.4 Å². The third kappa shape index (κ3) is 3.89. The van der Waals surface area contributed by atoms with Crippen LogP contribution in [-0.2, 0) is 11.2 Å². The van der Waals surface area contributed by atoms with E-state index in [1.807, 2.05) is 30.3 Å². The molecule has 3 aromatic carbocycles. The SMILES string of the molecule is Cc1cccc(-c2ccc(CC3NC(=O)c4cc(Cl)ccc4N(C)C3=O)cc2)c1. The summed E-state index contributed by atoms with van der Waals surface area (Å²) in [5, 5.41) is 3.32. The first-order valence-electron chi connectivity index (χ1n) is 9.46. The van der Waals surface area contributed by atoms with Crippen LogP contribution in [-0.4, -0.2) is 24.9 Å². The van der Waals surface area contributed by atoms with Gasteiger partial charge in [-0.1, -0.05) is 65.7 Å². The molecule has 1 heterocycles. The predicted molar refractivity (Wildman–Crippen MR) is 116 cm³/mol. The van der Waals surface area contributed by atoms with E-state index in [1.165, 1.54) is 10.5 Å². The Hall–Kier alpha value is -3.11. The van der Waals surface area contributed by atoms with Crippen molar-refractivity contribution in [3.63, 3.8) is 0 Å². The van der Waals surface area contributed by atoms with E-state index in [4.69, 9.17) is 11.6 Å². The standard InChI is InChI=1S/C24H21ClN2O2/c1-15-4-3-5-18(12-15)17-8-6-16(7-9-17)13-21-24(29)27(2)22-11-10-19(25)14-20(22)23(28)26-21/h3-12,14,21H,13H2,1-2H3,(H,26,28). The number of aryl methyl sites for hydroxylation is 1. The average Bonchev–Trinajstić information content (AvgIpc) is 2.80. The highest BCUT2D eigenvalue weighted by Gasteiger charge is 2.31. The number of nitrogens with one attached hydrogen (secondary N) is 1. The highest BCUT2D eigenvalue weighted by molar-refractivity contribution is 6.31. The number of carbonyl (C=O) groups is 2. The molecule has 2 amide bonds. The Morgan fingerprint density at radius 3 is 2.45 bits per heavy atom. The van der Waals surface area contributed by atoms with Crippen molar-refractivity contribution in [2.45, 2.75) is 19.4 Å². The molecule has 4 nitrogen and oxygen atoms in total. The van der Waals surface area contributed by atoms with E-state index in [1.54, 1.807) is 25.2 Å². The summed E-state index contributed by atoms with van der Waals surface area (Å²) in [6, 6.07) is 20.8. The zero-order valence-corrected chi connectivity index (χ0v) is 17.0. The van der Waals surface area contributed by atoms with Crippen molar-refractivity contribution in [3.8, 4) is 11.1 Å². The minimum absolute atomic E-state index is 0.151. The molecule has 5 heteroatoms. The number of carbonyl (C=O) groups excluding carboxylic acids is 2. The monoisotopic (exact) mass is 404 g/mol. The molecule has 29 heavy (non-hydrogen) atoms. The number of amides is 2. The van der Waals surface area contributed by atoms with E-state index >= 15 is 0 Å². The smallest absolute Gasteiger partial charge is 0.254 e. The van der Waals surface area contributed by atoms with Crippen molar-refractivity contribution in [2.75, 3.05) is 11.9 Å². The maximum Gasteiger partial charge on any atom is 0.254 e. The van der Waals surface area contributed by atoms with E-state index in [0.717, 1.165) is 16.7 Å². The Labute approximate surface area is 175 Å². The second-order valence-corrected chi connectivity index (χ2v) is 7.79. The van der Waals surface area contributed by atoms with E-state index in [-0.39, 0.29) is 11.8 Å². The van der Waals surface area contributed by atoms with E-state index in [0.29, 0.717) is 22.7 Å². The van der Waals surface area contributed by atoms with Crippen molar-refractivity contribution < 1.29 is 9.59 Å². The van der Waals surface area contributed by atoms with Gasteiger partial charge in [0.05, 0.1) is 11.3 Å². The molecule has 0 saturated heterocycles. The molecular formula is C24H21ClN2O2. The van der Waals surface area contributed by atoms with Gasteiger partial charge < -0.3 is 10.2 Å². The molecule has 0 aromatic heterocycles. The lowest BCUT2D eigenvalue weighted by atomic mass is 9.99. The molecule has 0 spiro atoms. The van der Waals surface area contributed by atoms with Crippen LogP contribution in [0, 0.1) is 6.92 Å². The molecule has 0 saturated carbocycles. The summed E-state index contributed by atoms with van der Waals surface area (Å²) in [4.78, 5) is 27.1. The number of rotatable bonds is 3. The number of halogens is 1. The molecule has 0 bridgehead atoms. The van der Waals surface area contributed by atoms with Crippen LogP contribution in [0.1, 0.15) is 21.5 Å². The predicted octanol–water partition coefficient (Wildman–Crippen LogP) is 4.63. The summed E-state index contributed by atoms with van der Waals surface area (Å²) in [5.74, 6) is -0.441. The molecule has 4 rings (SSSR count). The summed E-state index contributed by atoms with van der Waals surface area (Å²) in [5.41, 5.74) is 5.44. The van der Waals surface area contributed by atoms with Gasteiger partial charge in [0, 0.05) is 18.5 Å². The molecule has 0 aliphatic carbocycles. The van der Waals surface area contributed by atoms with Crippen LogP contribution in [0.2, 0.25) is 5.02 Å². The maximum atomic E-state index is 12.9. The topological polar surface area (TPSA) is 49.4 Å². The Kier molecular flexibility index (Phi) is 5.12. The van der Waals surface area contributed by atoms with Crippen molar-refractivity contribution in [1.29, 1.82) is 0 Å². The van der Waals surface area contributed by atoms with Crippen molar-refractivity contribution >= 4 is 29.1 Å². The van der Waals surface area contributed by atoms with Crippen molar-refractivity contribution in [1.82, 2.24) is 5.32 Å². The molecule has 146 valence electrons. The van der Waals surface area contributed by atoms with Crippen LogP contribution in [0.3, 0.4) is 0 Å². The summed E-state index contributed by atoms with van der Waals surface area (Å²) in [7, 11) is 1.68. The van der Waals surface area contributed by atoms with Crippen LogP contribution in [0.5, 0.6) is 0 Å². The Bertz CT molecular complexity index is 1090. The lowest BCUT2D eigenvalue weighted by Gasteiger charge is -2.21. The molecule has 1 N–H and O–H groups in total. The fraction of sp³-hybridized carbons (Fsp3) is 0.167. The van der Waals surface area contributed by atoms with Gasteiger partial charge in [-0.3, -0.25) is 9.59 Å². The number of hydrogen-bond acceptors (Lipinski definition) is 2. The lowest BCUT2D eigenvalue weighted by molar-refractivity contribution is -0.120. The van der Waals surface area contributed by atoms with Gasteiger partial charge in [-0.2, -0.15) is 0 Å². The van der Waals surface area contributed by atoms with Crippen LogP contribution in [0.4, 0.5) is 5.69 Å². The summed E-state index contributed by atoms with van der Waals surface area (Å²) in [6.45, 7) is 2.07. The van der Waals surface area contributed by atoms with Gasteiger partial charge >= 0.3 is 0 Å². The number of fused-ring (bicyclic) bond motifs is 1. The number of hydrogen-bond donors (Lipinski definition) is 1. The quantitative estimate of drug-likeness (QED) is 0.691. The number of nitrogens with zero attached hydrogens (tertiary/aromatic N) is 1. The first-order chi connectivity index (χ1) is 13.9. The summed E-state index contributed by atoms with van der Waals surface area (Å²) < 4.78 is 0. The molecule has 1 aliphatic rings. The fourth-order valence-corrected chi connectivity index (χ4v) is 3.84. The zero-order valence-electron chi connectivity index (χ0n) is 16.3. The van der Waals surface area contributed by atoms with Gasteiger partial charge in [-0.05, 0) is 41.8 Å². The largest absolute Gasteiger partial charge is 0.340 e. The van der Waals surface area contributed by atoms with Gasteiger partial charge in [0.2, 0.25) is 5.91 Å². The van der Waals surface area contributed by atoms with Gasteiger partial charge in [-0.25, -0.2) is 0 Å². The fourth-order valence-electron chi connectivity index (χ4n) is 3.66. The maximum absolute atomic E-state index is 12.9. The van der Waals surface area contributed by atoms with Crippen LogP contribution >= 0.6 is 11.6 Å². The number of benzene rings is 3. The minimum atomic E-state index is -0.636. The van der Waals surface area contributed by atoms with Gasteiger partial charge in [0.25, 0.3) is 5.91 Å². The summed E-state index contributed by atoms with van der Waals surface area (Å²) in [6.07, 6.45) is 0.421. The first kappa shape index (κ1) is 19.2. The Balaban J connectivity index is 1.57. The Morgan fingerprint density at radius 2 is 1.72 bits per heavy atom. The second-order valence-electron chi connectivity index (χ2n) is 7.36. The van der Waals surface area contributed by atoms with Crippen LogP contribution < -0.4 is 10.2 Å². The molecular weight excluding hydrogens is 384 g/mol. The van der Waals surface area contributed by atoms with Crippen LogP contribution in [0.15, 0.2) is 66.7 Å². The van der Waals surface area contributed by atoms with Crippen LogP contribution in [0.25, 0.3) is 11.1 Å². The van der Waals surface area contributed by atoms with Gasteiger partial charge in [-0.15, -0.1) is 0 Å². The van der Waals surface area contributed by atoms with E-state index in [2.05, 4.69) is 30.4 Å². The van der Waals surface area contributed by atoms with E-state index < -0.39 is 6.04 Å². The summed E-state index contributed by atoms with van der Waals surface area (Å²) >= 11 is 6.04. The molecule has 1 atom stereocenters. The van der Waals surface area contributed by atoms with E-state index in [9.17, 15) is 9.59 Å². The molecule has 1 aliphatic heterocycles. The molecule has 0 radical (unpaired) electrons. The molecule has 0 fully saturated rings. The highest BCUT2D eigenvalue weighted by Crippen LogP contribution is 2.27. The van der Waals surface area contributed by atoms with Gasteiger partial charge in [0.1, 0.15) is 6.04 Å². The zero-order chi connectivity index (χ0) is 20.5. The van der Waals surface area contributed by atoms with Gasteiger partial charge in [0.15, 0.2) is 0 Å². The third-order valence-corrected chi connectivity index (χ3v) is 5.48. The Morgan fingerprint density at radius 1 is 0.966 bits per heavy atom. The number of likely N-dealkylation sites (N-methyl/N-ethyl adjacent to an activating group) is 1. The third-order valence-electron chi connectivity index (χ3n) is 5.24. The number of anilines is 1. The lowest BCUT2D eigenvalue weighted by Crippen LogP contribution is -2.45. The van der Waals surface area contributed by atoms with Crippen molar-refractivity contribution in [2.24, 2.45) is 0 Å². The second kappa shape index (κ2) is 7.72. The highest BCUT2D eigenvalue weighted by atomic mass is 35.5. The average molecular weight is 405 g/mol. The molecule has 3 aromatic rings. The normalized spacial score (nSPS) is 16.2.